The van der Waals surface area contributed by atoms with Gasteiger partial charge in [-0.15, -0.1) is 0 Å². The van der Waals surface area contributed by atoms with Crippen LogP contribution in [0.15, 0.2) is 0 Å². The number of carbonyl (C=O) groups is 1. The molecule has 0 aromatic carbocycles. The maximum Gasteiger partial charge on any atom is 0.224 e. The average Bonchev–Trinajstić information content (AvgIpc) is 2.47. The second kappa shape index (κ2) is 11.1. The molecule has 4 nitrogen and oxygen atoms in total. The van der Waals surface area contributed by atoms with E-state index in [4.69, 9.17) is 4.74 Å². The van der Waals surface area contributed by atoms with E-state index < -0.39 is 0 Å². The number of hydrogen-bond donors (Lipinski definition) is 1. The summed E-state index contributed by atoms with van der Waals surface area (Å²) < 4.78 is 5.43. The molecule has 1 heterocycles. The standard InChI is InChI=1S/C16H32N2O2/c1-3-5-7-10-18(11-8-6-4-2)16(19)13-15-14-20-12-9-17-15/h15,17H,3-14H2,1-2H3. The zero-order chi connectivity index (χ0) is 14.6. The van der Waals surface area contributed by atoms with Gasteiger partial charge >= 0.3 is 0 Å². The molecule has 1 atom stereocenters. The largest absolute Gasteiger partial charge is 0.378 e. The summed E-state index contributed by atoms with van der Waals surface area (Å²) in [6.07, 6.45) is 7.67. The Hall–Kier alpha value is -0.610. The molecule has 1 aliphatic rings. The van der Waals surface area contributed by atoms with Crippen molar-refractivity contribution in [1.29, 1.82) is 0 Å². The molecule has 0 spiro atoms. The molecule has 1 N–H and O–H groups in total. The number of unbranched alkanes of at least 4 members (excludes halogenated alkanes) is 4. The summed E-state index contributed by atoms with van der Waals surface area (Å²) in [5, 5.41) is 3.37. The van der Waals surface area contributed by atoms with Crippen LogP contribution < -0.4 is 5.32 Å². The summed E-state index contributed by atoms with van der Waals surface area (Å²) in [6.45, 7) is 8.54. The highest BCUT2D eigenvalue weighted by atomic mass is 16.5. The second-order valence-electron chi connectivity index (χ2n) is 5.73. The number of carbonyl (C=O) groups excluding carboxylic acids is 1. The van der Waals surface area contributed by atoms with Crippen molar-refractivity contribution in [1.82, 2.24) is 10.2 Å². The van der Waals surface area contributed by atoms with E-state index in [-0.39, 0.29) is 6.04 Å². The Balaban J connectivity index is 2.35. The van der Waals surface area contributed by atoms with Crippen molar-refractivity contribution in [2.75, 3.05) is 32.8 Å². The zero-order valence-electron chi connectivity index (χ0n) is 13.3. The predicted molar refractivity (Wildman–Crippen MR) is 82.9 cm³/mol. The number of amides is 1. The third-order valence-electron chi connectivity index (χ3n) is 3.84. The first-order valence-corrected chi connectivity index (χ1v) is 8.36. The van der Waals surface area contributed by atoms with E-state index in [0.717, 1.165) is 39.1 Å². The molecule has 0 aromatic rings. The van der Waals surface area contributed by atoms with Crippen molar-refractivity contribution < 1.29 is 9.53 Å². The van der Waals surface area contributed by atoms with Crippen molar-refractivity contribution in [3.05, 3.63) is 0 Å². The molecule has 0 radical (unpaired) electrons. The van der Waals surface area contributed by atoms with Crippen LogP contribution in [0.1, 0.15) is 58.8 Å². The molecule has 1 rings (SSSR count). The van der Waals surface area contributed by atoms with Crippen LogP contribution in [0.3, 0.4) is 0 Å². The molecule has 20 heavy (non-hydrogen) atoms. The third kappa shape index (κ3) is 7.25. The van der Waals surface area contributed by atoms with Gasteiger partial charge < -0.3 is 15.0 Å². The molecule has 4 heteroatoms. The van der Waals surface area contributed by atoms with Gasteiger partial charge in [0.15, 0.2) is 0 Å². The Bertz CT molecular complexity index is 243. The number of morpholine rings is 1. The highest BCUT2D eigenvalue weighted by Crippen LogP contribution is 2.08. The fourth-order valence-electron chi connectivity index (χ4n) is 2.56. The quantitative estimate of drug-likeness (QED) is 0.627. The van der Waals surface area contributed by atoms with Gasteiger partial charge in [-0.1, -0.05) is 39.5 Å². The molecule has 1 fully saturated rings. The second-order valence-corrected chi connectivity index (χ2v) is 5.73. The van der Waals surface area contributed by atoms with Crippen LogP contribution in [0.25, 0.3) is 0 Å². The van der Waals surface area contributed by atoms with Gasteiger partial charge in [-0.3, -0.25) is 4.79 Å². The van der Waals surface area contributed by atoms with Crippen LogP contribution in [0, 0.1) is 0 Å². The fourth-order valence-corrected chi connectivity index (χ4v) is 2.56. The van der Waals surface area contributed by atoms with E-state index in [1.54, 1.807) is 0 Å². The number of nitrogens with one attached hydrogen (secondary N) is 1. The van der Waals surface area contributed by atoms with Crippen LogP contribution in [0.2, 0.25) is 0 Å². The first-order chi connectivity index (χ1) is 9.77. The molecular formula is C16H32N2O2. The van der Waals surface area contributed by atoms with Crippen molar-refractivity contribution in [2.24, 2.45) is 0 Å². The normalized spacial score (nSPS) is 19.0. The molecule has 0 aliphatic carbocycles. The van der Waals surface area contributed by atoms with Crippen molar-refractivity contribution in [2.45, 2.75) is 64.8 Å². The molecule has 1 unspecified atom stereocenters. The Morgan fingerprint density at radius 2 is 1.80 bits per heavy atom. The smallest absolute Gasteiger partial charge is 0.224 e. The van der Waals surface area contributed by atoms with E-state index >= 15 is 0 Å². The monoisotopic (exact) mass is 284 g/mol. The van der Waals surface area contributed by atoms with Gasteiger partial charge in [-0.25, -0.2) is 0 Å². The van der Waals surface area contributed by atoms with Crippen molar-refractivity contribution in [3.8, 4) is 0 Å². The van der Waals surface area contributed by atoms with E-state index in [9.17, 15) is 4.79 Å². The molecule has 0 saturated carbocycles. The lowest BCUT2D eigenvalue weighted by atomic mass is 10.1. The Morgan fingerprint density at radius 3 is 2.30 bits per heavy atom. The highest BCUT2D eigenvalue weighted by molar-refractivity contribution is 5.76. The van der Waals surface area contributed by atoms with Gasteiger partial charge in [-0.05, 0) is 12.8 Å². The summed E-state index contributed by atoms with van der Waals surface area (Å²) in [5.41, 5.74) is 0. The van der Waals surface area contributed by atoms with E-state index in [1.807, 2.05) is 0 Å². The fraction of sp³-hybridized carbons (Fsp3) is 0.938. The van der Waals surface area contributed by atoms with Crippen LogP contribution in [-0.4, -0.2) is 49.7 Å². The molecule has 0 aromatic heterocycles. The molecule has 0 bridgehead atoms. The van der Waals surface area contributed by atoms with Gasteiger partial charge in [0.05, 0.1) is 13.2 Å². The summed E-state index contributed by atoms with van der Waals surface area (Å²) in [5.74, 6) is 0.292. The summed E-state index contributed by atoms with van der Waals surface area (Å²) in [7, 11) is 0. The Morgan fingerprint density at radius 1 is 1.15 bits per heavy atom. The molecule has 1 aliphatic heterocycles. The number of nitrogens with zero attached hydrogens (tertiary/aromatic N) is 1. The summed E-state index contributed by atoms with van der Waals surface area (Å²) in [4.78, 5) is 14.5. The van der Waals surface area contributed by atoms with Crippen molar-refractivity contribution >= 4 is 5.91 Å². The zero-order valence-corrected chi connectivity index (χ0v) is 13.3. The summed E-state index contributed by atoms with van der Waals surface area (Å²) in [6, 6.07) is 0.205. The van der Waals surface area contributed by atoms with Gasteiger partial charge in [0.25, 0.3) is 0 Å². The van der Waals surface area contributed by atoms with Crippen molar-refractivity contribution in [3.63, 3.8) is 0 Å². The summed E-state index contributed by atoms with van der Waals surface area (Å²) >= 11 is 0. The van der Waals surface area contributed by atoms with E-state index in [1.165, 1.54) is 25.7 Å². The number of ether oxygens (including phenoxy) is 1. The first kappa shape index (κ1) is 17.4. The lowest BCUT2D eigenvalue weighted by molar-refractivity contribution is -0.132. The maximum atomic E-state index is 12.4. The molecule has 1 saturated heterocycles. The van der Waals surface area contributed by atoms with Gasteiger partial charge in [-0.2, -0.15) is 0 Å². The van der Waals surface area contributed by atoms with E-state index in [2.05, 4.69) is 24.1 Å². The van der Waals surface area contributed by atoms with Gasteiger partial charge in [0, 0.05) is 32.1 Å². The Labute approximate surface area is 124 Å². The van der Waals surface area contributed by atoms with E-state index in [0.29, 0.717) is 18.9 Å². The lowest BCUT2D eigenvalue weighted by Crippen LogP contribution is -2.45. The Kier molecular flexibility index (Phi) is 9.67. The minimum atomic E-state index is 0.205. The molecule has 118 valence electrons. The highest BCUT2D eigenvalue weighted by Gasteiger charge is 2.20. The SMILES string of the molecule is CCCCCN(CCCCC)C(=O)CC1COCCN1. The topological polar surface area (TPSA) is 41.6 Å². The third-order valence-corrected chi connectivity index (χ3v) is 3.84. The van der Waals surface area contributed by atoms with Gasteiger partial charge in [0.2, 0.25) is 5.91 Å². The maximum absolute atomic E-state index is 12.4. The van der Waals surface area contributed by atoms with Crippen LogP contribution in [-0.2, 0) is 9.53 Å². The lowest BCUT2D eigenvalue weighted by Gasteiger charge is -2.28. The molecular weight excluding hydrogens is 252 g/mol. The van der Waals surface area contributed by atoms with Crippen LogP contribution in [0.4, 0.5) is 0 Å². The first-order valence-electron chi connectivity index (χ1n) is 8.36. The number of hydrogen-bond acceptors (Lipinski definition) is 3. The van der Waals surface area contributed by atoms with Gasteiger partial charge in [0.1, 0.15) is 0 Å². The van der Waals surface area contributed by atoms with Crippen LogP contribution >= 0.6 is 0 Å². The predicted octanol–water partition coefficient (Wildman–Crippen LogP) is 2.57. The minimum Gasteiger partial charge on any atom is -0.378 e. The minimum absolute atomic E-state index is 0.205. The number of rotatable bonds is 10. The molecule has 1 amide bonds. The van der Waals surface area contributed by atoms with Crippen LogP contribution in [0.5, 0.6) is 0 Å². The average molecular weight is 284 g/mol.